The fraction of sp³-hybridized carbons (Fsp3) is 0.500. The van der Waals surface area contributed by atoms with Crippen molar-refractivity contribution < 1.29 is 9.90 Å². The van der Waals surface area contributed by atoms with Gasteiger partial charge in [0.25, 0.3) is 5.91 Å². The van der Waals surface area contributed by atoms with Crippen LogP contribution in [0.2, 0.25) is 5.15 Å². The highest BCUT2D eigenvalue weighted by Crippen LogP contribution is 2.08. The number of amides is 1. The molecule has 1 amide bonds. The average molecular weight is 244 g/mol. The standard InChI is InChI=1S/C10H14ClN3O2/c1-10(2,16)6-14(3)9(15)7-4-12-5-8(11)13-7/h4-5,16H,6H2,1-3H3. The first kappa shape index (κ1) is 12.9. The Kier molecular flexibility index (Phi) is 3.83. The summed E-state index contributed by atoms with van der Waals surface area (Å²) in [6.07, 6.45) is 2.70. The smallest absolute Gasteiger partial charge is 0.273 e. The van der Waals surface area contributed by atoms with Gasteiger partial charge >= 0.3 is 0 Å². The van der Waals surface area contributed by atoms with Gasteiger partial charge in [0.1, 0.15) is 10.8 Å². The zero-order valence-corrected chi connectivity index (χ0v) is 10.2. The van der Waals surface area contributed by atoms with E-state index in [-0.39, 0.29) is 23.3 Å². The van der Waals surface area contributed by atoms with E-state index in [1.165, 1.54) is 17.3 Å². The lowest BCUT2D eigenvalue weighted by Crippen LogP contribution is -2.40. The van der Waals surface area contributed by atoms with Crippen LogP contribution in [0.5, 0.6) is 0 Å². The maximum Gasteiger partial charge on any atom is 0.273 e. The van der Waals surface area contributed by atoms with Crippen molar-refractivity contribution in [2.45, 2.75) is 19.4 Å². The van der Waals surface area contributed by atoms with Gasteiger partial charge in [0, 0.05) is 13.6 Å². The van der Waals surface area contributed by atoms with Gasteiger partial charge < -0.3 is 10.0 Å². The van der Waals surface area contributed by atoms with Gasteiger partial charge in [0.15, 0.2) is 0 Å². The Bertz CT molecular complexity index is 390. The van der Waals surface area contributed by atoms with Crippen LogP contribution >= 0.6 is 11.6 Å². The monoisotopic (exact) mass is 243 g/mol. The quantitative estimate of drug-likeness (QED) is 0.859. The first-order valence-electron chi connectivity index (χ1n) is 4.75. The largest absolute Gasteiger partial charge is 0.389 e. The Morgan fingerprint density at radius 2 is 2.19 bits per heavy atom. The fourth-order valence-corrected chi connectivity index (χ4v) is 1.44. The highest BCUT2D eigenvalue weighted by atomic mass is 35.5. The summed E-state index contributed by atoms with van der Waals surface area (Å²) in [5.74, 6) is -0.322. The molecule has 16 heavy (non-hydrogen) atoms. The number of hydrogen-bond acceptors (Lipinski definition) is 4. The van der Waals surface area contributed by atoms with E-state index in [0.717, 1.165) is 0 Å². The second-order valence-corrected chi connectivity index (χ2v) is 4.59. The summed E-state index contributed by atoms with van der Waals surface area (Å²) in [7, 11) is 1.59. The van der Waals surface area contributed by atoms with E-state index < -0.39 is 5.60 Å². The number of aromatic nitrogens is 2. The molecule has 0 saturated carbocycles. The van der Waals surface area contributed by atoms with Gasteiger partial charge in [-0.15, -0.1) is 0 Å². The number of carbonyl (C=O) groups is 1. The lowest BCUT2D eigenvalue weighted by molar-refractivity contribution is 0.0364. The van der Waals surface area contributed by atoms with E-state index in [1.807, 2.05) is 0 Å². The molecular weight excluding hydrogens is 230 g/mol. The minimum Gasteiger partial charge on any atom is -0.389 e. The average Bonchev–Trinajstić information content (AvgIpc) is 2.14. The van der Waals surface area contributed by atoms with E-state index in [4.69, 9.17) is 11.6 Å². The second-order valence-electron chi connectivity index (χ2n) is 4.20. The fourth-order valence-electron chi connectivity index (χ4n) is 1.29. The lowest BCUT2D eigenvalue weighted by atomic mass is 10.1. The molecule has 1 aromatic heterocycles. The summed E-state index contributed by atoms with van der Waals surface area (Å²) in [4.78, 5) is 20.8. The van der Waals surface area contributed by atoms with Crippen molar-refractivity contribution in [1.82, 2.24) is 14.9 Å². The number of hydrogen-bond donors (Lipinski definition) is 1. The van der Waals surface area contributed by atoms with Crippen molar-refractivity contribution in [3.05, 3.63) is 23.2 Å². The predicted molar refractivity (Wildman–Crippen MR) is 60.3 cm³/mol. The van der Waals surface area contributed by atoms with Gasteiger partial charge in [-0.05, 0) is 13.8 Å². The highest BCUT2D eigenvalue weighted by molar-refractivity contribution is 6.29. The third-order valence-corrected chi connectivity index (χ3v) is 1.98. The predicted octanol–water partition coefficient (Wildman–Crippen LogP) is 0.973. The first-order valence-corrected chi connectivity index (χ1v) is 5.13. The van der Waals surface area contributed by atoms with Crippen LogP contribution in [0.15, 0.2) is 12.4 Å². The Balaban J connectivity index is 2.78. The number of nitrogens with zero attached hydrogens (tertiary/aromatic N) is 3. The Hall–Kier alpha value is -1.20. The van der Waals surface area contributed by atoms with Gasteiger partial charge in [0.2, 0.25) is 0 Å². The van der Waals surface area contributed by atoms with E-state index in [9.17, 15) is 9.90 Å². The molecule has 0 bridgehead atoms. The Morgan fingerprint density at radius 1 is 1.56 bits per heavy atom. The number of rotatable bonds is 3. The van der Waals surface area contributed by atoms with Crippen molar-refractivity contribution in [2.75, 3.05) is 13.6 Å². The molecule has 0 aliphatic rings. The molecular formula is C10H14ClN3O2. The SMILES string of the molecule is CN(CC(C)(C)O)C(=O)c1cncc(Cl)n1. The minimum atomic E-state index is -0.948. The molecule has 6 heteroatoms. The summed E-state index contributed by atoms with van der Waals surface area (Å²) >= 11 is 5.63. The van der Waals surface area contributed by atoms with Crippen molar-refractivity contribution in [3.63, 3.8) is 0 Å². The molecule has 0 aliphatic heterocycles. The van der Waals surface area contributed by atoms with Gasteiger partial charge in [-0.1, -0.05) is 11.6 Å². The minimum absolute atomic E-state index is 0.166. The molecule has 0 saturated heterocycles. The Morgan fingerprint density at radius 3 is 2.69 bits per heavy atom. The van der Waals surface area contributed by atoms with Crippen LogP contribution in [-0.4, -0.2) is 45.1 Å². The molecule has 0 aliphatic carbocycles. The van der Waals surface area contributed by atoms with Crippen molar-refractivity contribution in [3.8, 4) is 0 Å². The van der Waals surface area contributed by atoms with Gasteiger partial charge in [-0.25, -0.2) is 4.98 Å². The molecule has 1 N–H and O–H groups in total. The van der Waals surface area contributed by atoms with Gasteiger partial charge in [-0.3, -0.25) is 9.78 Å². The van der Waals surface area contributed by atoms with Crippen molar-refractivity contribution in [1.29, 1.82) is 0 Å². The molecule has 1 rings (SSSR count). The molecule has 88 valence electrons. The summed E-state index contributed by atoms with van der Waals surface area (Å²) in [6.45, 7) is 3.46. The normalized spacial score (nSPS) is 11.3. The molecule has 1 heterocycles. The van der Waals surface area contributed by atoms with Crippen molar-refractivity contribution in [2.24, 2.45) is 0 Å². The lowest BCUT2D eigenvalue weighted by Gasteiger charge is -2.25. The molecule has 0 unspecified atom stereocenters. The molecule has 0 fully saturated rings. The van der Waals surface area contributed by atoms with Crippen LogP contribution < -0.4 is 0 Å². The summed E-state index contributed by atoms with van der Waals surface area (Å²) in [6, 6.07) is 0. The van der Waals surface area contributed by atoms with Crippen LogP contribution in [0.1, 0.15) is 24.3 Å². The molecule has 5 nitrogen and oxygen atoms in total. The van der Waals surface area contributed by atoms with Crippen LogP contribution in [-0.2, 0) is 0 Å². The maximum absolute atomic E-state index is 11.8. The number of aliphatic hydroxyl groups is 1. The van der Waals surface area contributed by atoms with Crippen LogP contribution in [0, 0.1) is 0 Å². The molecule has 0 aromatic carbocycles. The summed E-state index contributed by atoms with van der Waals surface area (Å²) < 4.78 is 0. The van der Waals surface area contributed by atoms with Gasteiger partial charge in [0.05, 0.1) is 18.0 Å². The number of halogens is 1. The van der Waals surface area contributed by atoms with Crippen LogP contribution in [0.25, 0.3) is 0 Å². The van der Waals surface area contributed by atoms with Gasteiger partial charge in [-0.2, -0.15) is 0 Å². The maximum atomic E-state index is 11.8. The van der Waals surface area contributed by atoms with Crippen LogP contribution in [0.3, 0.4) is 0 Å². The third kappa shape index (κ3) is 3.75. The highest BCUT2D eigenvalue weighted by Gasteiger charge is 2.21. The first-order chi connectivity index (χ1) is 7.29. The van der Waals surface area contributed by atoms with E-state index >= 15 is 0 Å². The number of carbonyl (C=O) groups excluding carboxylic acids is 1. The van der Waals surface area contributed by atoms with E-state index in [0.29, 0.717) is 0 Å². The van der Waals surface area contributed by atoms with Crippen LogP contribution in [0.4, 0.5) is 0 Å². The summed E-state index contributed by atoms with van der Waals surface area (Å²) in [5.41, 5.74) is -0.782. The molecule has 0 radical (unpaired) electrons. The molecule has 1 aromatic rings. The molecule has 0 spiro atoms. The Labute approximate surface area is 99.1 Å². The topological polar surface area (TPSA) is 66.3 Å². The summed E-state index contributed by atoms with van der Waals surface area (Å²) in [5, 5.41) is 9.75. The number of likely N-dealkylation sites (N-methyl/N-ethyl adjacent to an activating group) is 1. The molecule has 0 atom stereocenters. The van der Waals surface area contributed by atoms with Crippen molar-refractivity contribution >= 4 is 17.5 Å². The van der Waals surface area contributed by atoms with E-state index in [1.54, 1.807) is 20.9 Å². The second kappa shape index (κ2) is 4.76. The zero-order chi connectivity index (χ0) is 12.3. The van der Waals surface area contributed by atoms with E-state index in [2.05, 4.69) is 9.97 Å². The zero-order valence-electron chi connectivity index (χ0n) is 9.44. The third-order valence-electron chi connectivity index (χ3n) is 1.80.